The number of hydrogen-bond donors (Lipinski definition) is 0. The van der Waals surface area contributed by atoms with Crippen LogP contribution in [0.2, 0.25) is 0 Å². The van der Waals surface area contributed by atoms with Gasteiger partial charge in [0, 0.05) is 28.3 Å². The van der Waals surface area contributed by atoms with Crippen molar-refractivity contribution < 1.29 is 9.72 Å². The predicted molar refractivity (Wildman–Crippen MR) is 100 cm³/mol. The molecule has 0 aliphatic carbocycles. The van der Waals surface area contributed by atoms with Gasteiger partial charge in [0.2, 0.25) is 0 Å². The molecule has 2 aromatic rings. The molecule has 1 amide bonds. The van der Waals surface area contributed by atoms with E-state index in [0.29, 0.717) is 12.1 Å². The molecular weight excluding hydrogens is 419 g/mol. The summed E-state index contributed by atoms with van der Waals surface area (Å²) < 4.78 is 0.744. The van der Waals surface area contributed by atoms with E-state index in [2.05, 4.69) is 34.7 Å². The van der Waals surface area contributed by atoms with Gasteiger partial charge >= 0.3 is 0 Å². The van der Waals surface area contributed by atoms with Gasteiger partial charge in [-0.05, 0) is 53.5 Å². The Kier molecular flexibility index (Phi) is 5.13. The van der Waals surface area contributed by atoms with Crippen molar-refractivity contribution in [2.24, 2.45) is 0 Å². The summed E-state index contributed by atoms with van der Waals surface area (Å²) >= 11 is 2.06. The van der Waals surface area contributed by atoms with Crippen LogP contribution in [-0.2, 0) is 6.42 Å². The summed E-state index contributed by atoms with van der Waals surface area (Å²) in [6, 6.07) is 14.7. The lowest BCUT2D eigenvalue weighted by Gasteiger charge is -2.25. The first-order valence-electron chi connectivity index (χ1n) is 7.85. The highest BCUT2D eigenvalue weighted by Gasteiger charge is 2.31. The molecule has 0 N–H and O–H groups in total. The predicted octanol–water partition coefficient (Wildman–Crippen LogP) is 4.05. The van der Waals surface area contributed by atoms with Gasteiger partial charge in [0.15, 0.2) is 0 Å². The lowest BCUT2D eigenvalue weighted by molar-refractivity contribution is -0.384. The third-order valence-corrected chi connectivity index (χ3v) is 5.28. The molecule has 1 heterocycles. The van der Waals surface area contributed by atoms with Crippen molar-refractivity contribution in [2.75, 3.05) is 6.54 Å². The molecule has 6 heteroatoms. The molecular formula is C18H17IN2O3. The van der Waals surface area contributed by atoms with E-state index in [9.17, 15) is 14.9 Å². The molecule has 0 saturated carbocycles. The fraction of sp³-hybridized carbons (Fsp3) is 0.278. The third kappa shape index (κ3) is 3.58. The van der Waals surface area contributed by atoms with Crippen LogP contribution < -0.4 is 0 Å². The second-order valence-corrected chi connectivity index (χ2v) is 7.07. The first kappa shape index (κ1) is 16.9. The number of carbonyl (C=O) groups excluding carboxylic acids is 1. The molecule has 2 aromatic carbocycles. The average molecular weight is 436 g/mol. The van der Waals surface area contributed by atoms with Crippen LogP contribution in [0.4, 0.5) is 5.69 Å². The third-order valence-electron chi connectivity index (χ3n) is 4.34. The Morgan fingerprint density at radius 3 is 2.71 bits per heavy atom. The number of non-ortho nitro benzene ring substituents is 1. The van der Waals surface area contributed by atoms with Crippen LogP contribution in [0.5, 0.6) is 0 Å². The van der Waals surface area contributed by atoms with E-state index >= 15 is 0 Å². The topological polar surface area (TPSA) is 63.4 Å². The van der Waals surface area contributed by atoms with Crippen LogP contribution in [0.15, 0.2) is 48.5 Å². The van der Waals surface area contributed by atoms with Crippen molar-refractivity contribution in [1.82, 2.24) is 4.90 Å². The number of nitro groups is 1. The van der Waals surface area contributed by atoms with Gasteiger partial charge in [-0.25, -0.2) is 0 Å². The molecule has 0 radical (unpaired) electrons. The fourth-order valence-electron chi connectivity index (χ4n) is 3.15. The monoisotopic (exact) mass is 436 g/mol. The van der Waals surface area contributed by atoms with Gasteiger partial charge in [-0.3, -0.25) is 14.9 Å². The van der Waals surface area contributed by atoms with E-state index < -0.39 is 4.92 Å². The lowest BCUT2D eigenvalue weighted by Crippen LogP contribution is -2.37. The van der Waals surface area contributed by atoms with Gasteiger partial charge in [0.1, 0.15) is 0 Å². The minimum Gasteiger partial charge on any atom is -0.335 e. The summed E-state index contributed by atoms with van der Waals surface area (Å²) in [5.74, 6) is -0.110. The van der Waals surface area contributed by atoms with Gasteiger partial charge in [-0.15, -0.1) is 0 Å². The second-order valence-electron chi connectivity index (χ2n) is 5.91. The quantitative estimate of drug-likeness (QED) is 0.413. The van der Waals surface area contributed by atoms with Gasteiger partial charge in [-0.2, -0.15) is 0 Å². The summed E-state index contributed by atoms with van der Waals surface area (Å²) in [6.07, 6.45) is 2.75. The van der Waals surface area contributed by atoms with Gasteiger partial charge in [0.25, 0.3) is 11.6 Å². The number of amides is 1. The average Bonchev–Trinajstić information content (AvgIpc) is 3.03. The highest BCUT2D eigenvalue weighted by Crippen LogP contribution is 2.27. The van der Waals surface area contributed by atoms with E-state index in [4.69, 9.17) is 0 Å². The number of rotatable bonds is 4. The molecule has 1 aliphatic heterocycles. The molecule has 1 atom stereocenters. The lowest BCUT2D eigenvalue weighted by atomic mass is 10.0. The van der Waals surface area contributed by atoms with E-state index in [1.54, 1.807) is 6.07 Å². The summed E-state index contributed by atoms with van der Waals surface area (Å²) in [5.41, 5.74) is 1.58. The molecule has 1 saturated heterocycles. The maximum Gasteiger partial charge on any atom is 0.270 e. The molecule has 1 fully saturated rings. The van der Waals surface area contributed by atoms with Crippen molar-refractivity contribution in [3.05, 3.63) is 73.3 Å². The molecule has 0 bridgehead atoms. The zero-order valence-electron chi connectivity index (χ0n) is 13.0. The Labute approximate surface area is 154 Å². The second kappa shape index (κ2) is 7.29. The fourth-order valence-corrected chi connectivity index (χ4v) is 3.71. The van der Waals surface area contributed by atoms with Crippen LogP contribution in [0, 0.1) is 13.7 Å². The van der Waals surface area contributed by atoms with E-state index in [-0.39, 0.29) is 17.6 Å². The van der Waals surface area contributed by atoms with Crippen molar-refractivity contribution in [1.29, 1.82) is 0 Å². The Morgan fingerprint density at radius 1 is 1.25 bits per heavy atom. The molecule has 24 heavy (non-hydrogen) atoms. The number of nitro benzene ring substituents is 1. The first-order chi connectivity index (χ1) is 11.6. The van der Waals surface area contributed by atoms with Gasteiger partial charge < -0.3 is 4.90 Å². The molecule has 1 aliphatic rings. The van der Waals surface area contributed by atoms with Crippen molar-refractivity contribution in [3.8, 4) is 0 Å². The van der Waals surface area contributed by atoms with E-state index in [1.807, 2.05) is 23.1 Å². The largest absolute Gasteiger partial charge is 0.335 e. The molecule has 5 nitrogen and oxygen atoms in total. The van der Waals surface area contributed by atoms with Crippen LogP contribution in [0.1, 0.15) is 28.8 Å². The summed E-state index contributed by atoms with van der Waals surface area (Å²) in [4.78, 5) is 25.3. The molecule has 0 spiro atoms. The van der Waals surface area contributed by atoms with Crippen LogP contribution in [0.3, 0.4) is 0 Å². The number of benzene rings is 2. The SMILES string of the molecule is O=C(c1cc([N+](=O)[O-])ccc1I)N1CCCC1Cc1ccccc1. The van der Waals surface area contributed by atoms with Gasteiger partial charge in [-0.1, -0.05) is 30.3 Å². The number of hydrogen-bond acceptors (Lipinski definition) is 3. The summed E-state index contributed by atoms with van der Waals surface area (Å²) in [7, 11) is 0. The number of nitrogens with zero attached hydrogens (tertiary/aromatic N) is 2. The minimum absolute atomic E-state index is 0.0439. The maximum absolute atomic E-state index is 12.9. The molecule has 1 unspecified atom stereocenters. The zero-order valence-corrected chi connectivity index (χ0v) is 15.2. The summed E-state index contributed by atoms with van der Waals surface area (Å²) in [6.45, 7) is 0.703. The molecule has 0 aromatic heterocycles. The smallest absolute Gasteiger partial charge is 0.270 e. The van der Waals surface area contributed by atoms with Crippen molar-refractivity contribution in [2.45, 2.75) is 25.3 Å². The number of carbonyl (C=O) groups is 1. The van der Waals surface area contributed by atoms with E-state index in [0.717, 1.165) is 22.8 Å². The Morgan fingerprint density at radius 2 is 2.00 bits per heavy atom. The number of likely N-dealkylation sites (tertiary alicyclic amines) is 1. The Balaban J connectivity index is 1.83. The standard InChI is InChI=1S/C18H17IN2O3/c19-17-9-8-15(21(23)24)12-16(17)18(22)20-10-4-7-14(20)11-13-5-2-1-3-6-13/h1-3,5-6,8-9,12,14H,4,7,10-11H2. The summed E-state index contributed by atoms with van der Waals surface area (Å²) in [5, 5.41) is 11.0. The minimum atomic E-state index is -0.460. The highest BCUT2D eigenvalue weighted by molar-refractivity contribution is 14.1. The number of halogens is 1. The van der Waals surface area contributed by atoms with Crippen molar-refractivity contribution in [3.63, 3.8) is 0 Å². The maximum atomic E-state index is 12.9. The zero-order chi connectivity index (χ0) is 17.1. The molecule has 3 rings (SSSR count). The van der Waals surface area contributed by atoms with Crippen LogP contribution in [-0.4, -0.2) is 28.3 Å². The molecule has 124 valence electrons. The van der Waals surface area contributed by atoms with E-state index in [1.165, 1.54) is 17.7 Å². The Bertz CT molecular complexity index is 764. The Hall–Kier alpha value is -1.96. The highest BCUT2D eigenvalue weighted by atomic mass is 127. The first-order valence-corrected chi connectivity index (χ1v) is 8.93. The van der Waals surface area contributed by atoms with Crippen LogP contribution >= 0.6 is 22.6 Å². The normalized spacial score (nSPS) is 17.0. The van der Waals surface area contributed by atoms with Crippen LogP contribution in [0.25, 0.3) is 0 Å². The van der Waals surface area contributed by atoms with Gasteiger partial charge in [0.05, 0.1) is 10.5 Å². The van der Waals surface area contributed by atoms with Crippen molar-refractivity contribution >= 4 is 34.2 Å².